The zero-order chi connectivity index (χ0) is 7.49. The first-order chi connectivity index (χ1) is 3.95. The first-order valence-electron chi connectivity index (χ1n) is 2.10. The molecule has 7 heteroatoms. The fraction of sp³-hybridized carbons (Fsp3) is 1.00. The third-order valence-corrected chi connectivity index (χ3v) is 1.17. The van der Waals surface area contributed by atoms with Crippen LogP contribution in [0.5, 0.6) is 0 Å². The van der Waals surface area contributed by atoms with Crippen molar-refractivity contribution in [3.05, 3.63) is 0 Å². The van der Waals surface area contributed by atoms with Gasteiger partial charge in [-0.2, -0.15) is 18.6 Å². The van der Waals surface area contributed by atoms with Gasteiger partial charge in [-0.15, -0.1) is 0 Å². The highest BCUT2D eigenvalue weighted by Gasteiger charge is 2.06. The average Bonchev–Trinajstić information content (AvgIpc) is 1.62. The minimum Gasteiger partial charge on any atom is -0.315 e. The summed E-state index contributed by atoms with van der Waals surface area (Å²) in [5, 5.41) is 8.01. The van der Waals surface area contributed by atoms with Crippen LogP contribution >= 0.6 is 0 Å². The Bertz CT molecular complexity index is 163. The maximum atomic E-state index is 9.89. The van der Waals surface area contributed by atoms with Crippen molar-refractivity contribution in [2.75, 3.05) is 0 Å². The van der Waals surface area contributed by atoms with Gasteiger partial charge in [-0.3, -0.25) is 4.55 Å². The van der Waals surface area contributed by atoms with E-state index >= 15 is 0 Å². The minimum absolute atomic E-state index is 0.889. The standard InChI is InChI=1S/C2H8N2O4S/c1-2(3-5)4-9(6,7)8/h2-5H,1H3,(H,6,7,8). The van der Waals surface area contributed by atoms with Crippen LogP contribution in [0.2, 0.25) is 0 Å². The van der Waals surface area contributed by atoms with Gasteiger partial charge in [-0.1, -0.05) is 0 Å². The van der Waals surface area contributed by atoms with Gasteiger partial charge < -0.3 is 5.21 Å². The van der Waals surface area contributed by atoms with Crippen molar-refractivity contribution >= 4 is 10.3 Å². The summed E-state index contributed by atoms with van der Waals surface area (Å²) in [6.07, 6.45) is -0.889. The number of hydroxylamine groups is 1. The largest absolute Gasteiger partial charge is 0.334 e. The SMILES string of the molecule is CC(NO)NS(=O)(=O)O. The van der Waals surface area contributed by atoms with Crippen molar-refractivity contribution < 1.29 is 18.2 Å². The predicted octanol–water partition coefficient (Wildman–Crippen LogP) is -1.30. The molecular formula is C2H8N2O4S. The van der Waals surface area contributed by atoms with Crippen LogP contribution in [0.25, 0.3) is 0 Å². The summed E-state index contributed by atoms with van der Waals surface area (Å²) >= 11 is 0. The minimum atomic E-state index is -4.21. The molecule has 0 bridgehead atoms. The quantitative estimate of drug-likeness (QED) is 0.231. The molecule has 6 nitrogen and oxygen atoms in total. The molecular weight excluding hydrogens is 148 g/mol. The molecule has 0 fully saturated rings. The summed E-state index contributed by atoms with van der Waals surface area (Å²) < 4.78 is 29.5. The molecule has 1 atom stereocenters. The van der Waals surface area contributed by atoms with E-state index < -0.39 is 16.5 Å². The molecule has 0 saturated carbocycles. The summed E-state index contributed by atoms with van der Waals surface area (Å²) in [7, 11) is -4.21. The summed E-state index contributed by atoms with van der Waals surface area (Å²) in [4.78, 5) is 0. The zero-order valence-corrected chi connectivity index (χ0v) is 5.51. The highest BCUT2D eigenvalue weighted by molar-refractivity contribution is 7.83. The molecule has 0 aromatic carbocycles. The topological polar surface area (TPSA) is 98.7 Å². The molecule has 9 heavy (non-hydrogen) atoms. The zero-order valence-electron chi connectivity index (χ0n) is 4.70. The molecule has 0 spiro atoms. The van der Waals surface area contributed by atoms with Gasteiger partial charge in [0, 0.05) is 0 Å². The molecule has 1 unspecified atom stereocenters. The monoisotopic (exact) mass is 156 g/mol. The Hall–Kier alpha value is -0.210. The molecule has 0 rings (SSSR count). The maximum Gasteiger partial charge on any atom is 0.334 e. The van der Waals surface area contributed by atoms with E-state index in [4.69, 9.17) is 9.76 Å². The van der Waals surface area contributed by atoms with Gasteiger partial charge in [0.25, 0.3) is 0 Å². The van der Waals surface area contributed by atoms with Gasteiger partial charge in [0.15, 0.2) is 0 Å². The highest BCUT2D eigenvalue weighted by atomic mass is 32.2. The Labute approximate surface area is 52.7 Å². The predicted molar refractivity (Wildman–Crippen MR) is 29.1 cm³/mol. The Morgan fingerprint density at radius 3 is 2.11 bits per heavy atom. The maximum absolute atomic E-state index is 9.89. The third-order valence-electron chi connectivity index (χ3n) is 0.519. The van der Waals surface area contributed by atoms with Crippen LogP contribution in [0.1, 0.15) is 6.92 Å². The van der Waals surface area contributed by atoms with Gasteiger partial charge in [0.2, 0.25) is 0 Å². The summed E-state index contributed by atoms with van der Waals surface area (Å²) in [5.41, 5.74) is 1.57. The van der Waals surface area contributed by atoms with E-state index in [9.17, 15) is 8.42 Å². The van der Waals surface area contributed by atoms with Gasteiger partial charge in [-0.05, 0) is 6.92 Å². The van der Waals surface area contributed by atoms with Gasteiger partial charge in [0.05, 0.1) is 6.17 Å². The molecule has 0 aromatic rings. The molecule has 56 valence electrons. The molecule has 0 aromatic heterocycles. The third kappa shape index (κ3) is 5.66. The first kappa shape index (κ1) is 8.79. The van der Waals surface area contributed by atoms with Gasteiger partial charge in [0.1, 0.15) is 0 Å². The molecule has 0 aliphatic rings. The lowest BCUT2D eigenvalue weighted by Gasteiger charge is -2.06. The molecule has 0 radical (unpaired) electrons. The van der Waals surface area contributed by atoms with Crippen molar-refractivity contribution in [3.63, 3.8) is 0 Å². The molecule has 0 amide bonds. The number of rotatable bonds is 3. The second-order valence-corrected chi connectivity index (χ2v) is 2.63. The van der Waals surface area contributed by atoms with E-state index in [1.807, 2.05) is 0 Å². The lowest BCUT2D eigenvalue weighted by Crippen LogP contribution is -2.41. The molecule has 0 aliphatic heterocycles. The average molecular weight is 156 g/mol. The highest BCUT2D eigenvalue weighted by Crippen LogP contribution is 1.76. The fourth-order valence-corrected chi connectivity index (χ4v) is 0.749. The number of hydrogen-bond donors (Lipinski definition) is 4. The lowest BCUT2D eigenvalue weighted by molar-refractivity contribution is 0.127. The molecule has 0 saturated heterocycles. The molecule has 0 heterocycles. The van der Waals surface area contributed by atoms with E-state index in [2.05, 4.69) is 0 Å². The van der Waals surface area contributed by atoms with Crippen molar-refractivity contribution in [3.8, 4) is 0 Å². The smallest absolute Gasteiger partial charge is 0.315 e. The van der Waals surface area contributed by atoms with Crippen molar-refractivity contribution in [1.82, 2.24) is 10.2 Å². The van der Waals surface area contributed by atoms with Crippen LogP contribution in [-0.2, 0) is 10.3 Å². The van der Waals surface area contributed by atoms with Crippen molar-refractivity contribution in [2.24, 2.45) is 0 Å². The van der Waals surface area contributed by atoms with E-state index in [-0.39, 0.29) is 0 Å². The second-order valence-electron chi connectivity index (χ2n) is 1.44. The van der Waals surface area contributed by atoms with E-state index in [1.54, 1.807) is 10.2 Å². The summed E-state index contributed by atoms with van der Waals surface area (Å²) in [6, 6.07) is 0. The number of nitrogens with one attached hydrogen (secondary N) is 2. The van der Waals surface area contributed by atoms with Crippen molar-refractivity contribution in [2.45, 2.75) is 13.1 Å². The Balaban J connectivity index is 3.75. The van der Waals surface area contributed by atoms with Gasteiger partial charge >= 0.3 is 10.3 Å². The fourth-order valence-electron chi connectivity index (χ4n) is 0.250. The number of hydrogen-bond acceptors (Lipinski definition) is 4. The van der Waals surface area contributed by atoms with Crippen LogP contribution in [0.3, 0.4) is 0 Å². The van der Waals surface area contributed by atoms with Crippen molar-refractivity contribution in [1.29, 1.82) is 0 Å². The molecule has 4 N–H and O–H groups in total. The molecule has 0 aliphatic carbocycles. The Morgan fingerprint density at radius 1 is 1.56 bits per heavy atom. The van der Waals surface area contributed by atoms with Crippen LogP contribution < -0.4 is 10.2 Å². The van der Waals surface area contributed by atoms with Crippen LogP contribution in [0.15, 0.2) is 0 Å². The Morgan fingerprint density at radius 2 is 2.00 bits per heavy atom. The van der Waals surface area contributed by atoms with E-state index in [0.29, 0.717) is 0 Å². The summed E-state index contributed by atoms with van der Waals surface area (Å²) in [5.74, 6) is 0. The first-order valence-corrected chi connectivity index (χ1v) is 3.54. The van der Waals surface area contributed by atoms with Crippen LogP contribution in [0.4, 0.5) is 0 Å². The van der Waals surface area contributed by atoms with E-state index in [0.717, 1.165) is 0 Å². The van der Waals surface area contributed by atoms with Crippen LogP contribution in [-0.4, -0.2) is 24.3 Å². The van der Waals surface area contributed by atoms with E-state index in [1.165, 1.54) is 6.92 Å². The second kappa shape index (κ2) is 3.08. The van der Waals surface area contributed by atoms with Crippen LogP contribution in [0, 0.1) is 0 Å². The normalized spacial score (nSPS) is 15.4. The van der Waals surface area contributed by atoms with Gasteiger partial charge in [-0.25, -0.2) is 0 Å². The lowest BCUT2D eigenvalue weighted by atomic mass is 10.7. The summed E-state index contributed by atoms with van der Waals surface area (Å²) in [6.45, 7) is 1.31. The Kier molecular flexibility index (Phi) is 3.01.